The predicted octanol–water partition coefficient (Wildman–Crippen LogP) is 5.80. The summed E-state index contributed by atoms with van der Waals surface area (Å²) >= 11 is 5.82. The minimum absolute atomic E-state index is 0.110. The van der Waals surface area contributed by atoms with Gasteiger partial charge < -0.3 is 15.1 Å². The maximum atomic E-state index is 12.3. The normalized spacial score (nSPS) is 12.3. The molecule has 0 aliphatic carbocycles. The number of nitrogens with one attached hydrogen (secondary N) is 2. The first-order valence-electron chi connectivity index (χ1n) is 7.62. The molecule has 0 aliphatic heterocycles. The molecule has 3 nitrogen and oxygen atoms in total. The van der Waals surface area contributed by atoms with Crippen LogP contribution in [0.4, 0.5) is 14.5 Å². The highest BCUT2D eigenvalue weighted by molar-refractivity contribution is 7.99. The summed E-state index contributed by atoms with van der Waals surface area (Å²) < 4.78 is 30.5. The van der Waals surface area contributed by atoms with Gasteiger partial charge >= 0.3 is 0 Å². The topological polar surface area (TPSA) is 37.2 Å². The zero-order valence-corrected chi connectivity index (χ0v) is 15.0. The molecule has 0 fully saturated rings. The van der Waals surface area contributed by atoms with Crippen LogP contribution in [0.3, 0.4) is 0 Å². The van der Waals surface area contributed by atoms with E-state index in [-0.39, 0.29) is 6.04 Å². The van der Waals surface area contributed by atoms with E-state index in [1.807, 2.05) is 37.3 Å². The van der Waals surface area contributed by atoms with Crippen LogP contribution in [-0.2, 0) is 0 Å². The maximum Gasteiger partial charge on any atom is 0.288 e. The molecule has 25 heavy (non-hydrogen) atoms. The van der Waals surface area contributed by atoms with Gasteiger partial charge in [-0.3, -0.25) is 0 Å². The van der Waals surface area contributed by atoms with Gasteiger partial charge in [0, 0.05) is 16.0 Å². The Balaban J connectivity index is 1.59. The summed E-state index contributed by atoms with van der Waals surface area (Å²) in [6.07, 6.45) is 0. The Bertz CT molecular complexity index is 832. The van der Waals surface area contributed by atoms with Crippen LogP contribution in [-0.4, -0.2) is 10.9 Å². The Hall–Kier alpha value is -2.12. The molecule has 2 aromatic carbocycles. The SMILES string of the molecule is C[C@H](NC(=S)Nc1ccc(SC(F)F)cc1)c1cc2ccccc2o1. The number of fused-ring (bicyclic) bond motifs is 1. The van der Waals surface area contributed by atoms with Gasteiger partial charge in [-0.05, 0) is 55.5 Å². The van der Waals surface area contributed by atoms with Gasteiger partial charge in [0.2, 0.25) is 0 Å². The first kappa shape index (κ1) is 17.7. The summed E-state index contributed by atoms with van der Waals surface area (Å²) in [6.45, 7) is 1.95. The number of thioether (sulfide) groups is 1. The second-order valence-electron chi connectivity index (χ2n) is 5.41. The summed E-state index contributed by atoms with van der Waals surface area (Å²) in [5.74, 6) is -1.64. The molecule has 2 N–H and O–H groups in total. The smallest absolute Gasteiger partial charge is 0.288 e. The number of alkyl halides is 2. The van der Waals surface area contributed by atoms with Crippen molar-refractivity contribution in [2.45, 2.75) is 23.6 Å². The molecular formula is C18H16F2N2OS2. The number of hydrogen-bond donors (Lipinski definition) is 2. The van der Waals surface area contributed by atoms with Crippen LogP contribution >= 0.6 is 24.0 Å². The molecule has 0 saturated carbocycles. The van der Waals surface area contributed by atoms with Crippen LogP contribution in [0.15, 0.2) is 63.9 Å². The van der Waals surface area contributed by atoms with E-state index >= 15 is 0 Å². The number of benzene rings is 2. The highest BCUT2D eigenvalue weighted by Crippen LogP contribution is 2.26. The van der Waals surface area contributed by atoms with Crippen molar-refractivity contribution in [2.75, 3.05) is 5.32 Å². The van der Waals surface area contributed by atoms with E-state index in [2.05, 4.69) is 10.6 Å². The minimum Gasteiger partial charge on any atom is -0.459 e. The van der Waals surface area contributed by atoms with E-state index < -0.39 is 5.76 Å². The molecule has 0 spiro atoms. The van der Waals surface area contributed by atoms with E-state index in [4.69, 9.17) is 16.6 Å². The molecule has 1 atom stereocenters. The zero-order chi connectivity index (χ0) is 17.8. The van der Waals surface area contributed by atoms with E-state index in [0.29, 0.717) is 21.8 Å². The largest absolute Gasteiger partial charge is 0.459 e. The highest BCUT2D eigenvalue weighted by Gasteiger charge is 2.12. The van der Waals surface area contributed by atoms with Crippen LogP contribution < -0.4 is 10.6 Å². The highest BCUT2D eigenvalue weighted by atomic mass is 32.2. The van der Waals surface area contributed by atoms with Crippen molar-refractivity contribution in [3.8, 4) is 0 Å². The lowest BCUT2D eigenvalue weighted by Gasteiger charge is -2.15. The molecule has 0 unspecified atom stereocenters. The lowest BCUT2D eigenvalue weighted by Crippen LogP contribution is -2.30. The van der Waals surface area contributed by atoms with Crippen LogP contribution in [0.1, 0.15) is 18.7 Å². The average molecular weight is 378 g/mol. The van der Waals surface area contributed by atoms with Gasteiger partial charge in [-0.2, -0.15) is 8.78 Å². The number of anilines is 1. The Morgan fingerprint density at radius 3 is 2.52 bits per heavy atom. The van der Waals surface area contributed by atoms with E-state index in [0.717, 1.165) is 22.4 Å². The quantitative estimate of drug-likeness (QED) is 0.434. The van der Waals surface area contributed by atoms with Crippen molar-refractivity contribution in [2.24, 2.45) is 0 Å². The van der Waals surface area contributed by atoms with Crippen molar-refractivity contribution in [1.82, 2.24) is 5.32 Å². The third-order valence-electron chi connectivity index (χ3n) is 3.56. The second kappa shape index (κ2) is 7.84. The molecular weight excluding hydrogens is 362 g/mol. The molecule has 0 saturated heterocycles. The molecule has 130 valence electrons. The summed E-state index contributed by atoms with van der Waals surface area (Å²) in [5.41, 5.74) is 1.56. The van der Waals surface area contributed by atoms with Gasteiger partial charge in [0.25, 0.3) is 5.76 Å². The van der Waals surface area contributed by atoms with Gasteiger partial charge in [0.1, 0.15) is 11.3 Å². The third kappa shape index (κ3) is 4.70. The Morgan fingerprint density at radius 1 is 1.12 bits per heavy atom. The molecule has 0 bridgehead atoms. The predicted molar refractivity (Wildman–Crippen MR) is 102 cm³/mol. The number of hydrogen-bond acceptors (Lipinski definition) is 3. The van der Waals surface area contributed by atoms with Crippen molar-refractivity contribution in [3.05, 3.63) is 60.4 Å². The number of halogens is 2. The standard InChI is InChI=1S/C18H16F2N2OS2/c1-11(16-10-12-4-2-3-5-15(12)23-16)21-18(24)22-13-6-8-14(9-7-13)25-17(19)20/h2-11,17H,1H3,(H2,21,22,24)/t11-/m0/s1. The average Bonchev–Trinajstić information content (AvgIpc) is 3.00. The van der Waals surface area contributed by atoms with Gasteiger partial charge in [0.15, 0.2) is 5.11 Å². The van der Waals surface area contributed by atoms with Gasteiger partial charge in [0.05, 0.1) is 6.04 Å². The van der Waals surface area contributed by atoms with Crippen molar-refractivity contribution in [1.29, 1.82) is 0 Å². The molecule has 1 heterocycles. The maximum absolute atomic E-state index is 12.3. The Labute approximate surface area is 153 Å². The third-order valence-corrected chi connectivity index (χ3v) is 4.50. The first-order chi connectivity index (χ1) is 12.0. The van der Waals surface area contributed by atoms with E-state index in [1.54, 1.807) is 24.3 Å². The number of thiocarbonyl (C=S) groups is 1. The van der Waals surface area contributed by atoms with Gasteiger partial charge in [-0.1, -0.05) is 30.0 Å². The fourth-order valence-corrected chi connectivity index (χ4v) is 3.16. The summed E-state index contributed by atoms with van der Waals surface area (Å²) in [5, 5.41) is 7.66. The minimum atomic E-state index is -2.42. The summed E-state index contributed by atoms with van der Waals surface area (Å²) in [6, 6.07) is 16.3. The van der Waals surface area contributed by atoms with Crippen LogP contribution in [0, 0.1) is 0 Å². The monoisotopic (exact) mass is 378 g/mol. The second-order valence-corrected chi connectivity index (χ2v) is 6.88. The molecule has 0 aliphatic rings. The van der Waals surface area contributed by atoms with Crippen molar-refractivity contribution < 1.29 is 13.2 Å². The van der Waals surface area contributed by atoms with Crippen molar-refractivity contribution in [3.63, 3.8) is 0 Å². The van der Waals surface area contributed by atoms with Crippen LogP contribution in [0.25, 0.3) is 11.0 Å². The fourth-order valence-electron chi connectivity index (χ4n) is 2.37. The number of rotatable bonds is 5. The lowest BCUT2D eigenvalue weighted by atomic mass is 10.2. The van der Waals surface area contributed by atoms with Crippen LogP contribution in [0.2, 0.25) is 0 Å². The first-order valence-corrected chi connectivity index (χ1v) is 8.91. The zero-order valence-electron chi connectivity index (χ0n) is 13.3. The van der Waals surface area contributed by atoms with Crippen LogP contribution in [0.5, 0.6) is 0 Å². The van der Waals surface area contributed by atoms with Gasteiger partial charge in [-0.15, -0.1) is 0 Å². The Kier molecular flexibility index (Phi) is 5.55. The number of para-hydroxylation sites is 1. The number of furan rings is 1. The van der Waals surface area contributed by atoms with Crippen molar-refractivity contribution >= 4 is 45.7 Å². The molecule has 7 heteroatoms. The van der Waals surface area contributed by atoms with E-state index in [1.165, 1.54) is 0 Å². The molecule has 3 aromatic rings. The molecule has 0 amide bonds. The van der Waals surface area contributed by atoms with Gasteiger partial charge in [-0.25, -0.2) is 0 Å². The summed E-state index contributed by atoms with van der Waals surface area (Å²) in [7, 11) is 0. The van der Waals surface area contributed by atoms with E-state index in [9.17, 15) is 8.78 Å². The Morgan fingerprint density at radius 2 is 1.84 bits per heavy atom. The molecule has 0 radical (unpaired) electrons. The summed E-state index contributed by atoms with van der Waals surface area (Å²) in [4.78, 5) is 0.509. The molecule has 3 rings (SSSR count). The lowest BCUT2D eigenvalue weighted by molar-refractivity contribution is 0.252. The fraction of sp³-hybridized carbons (Fsp3) is 0.167. The molecule has 1 aromatic heterocycles.